The first kappa shape index (κ1) is 4.43. The molecule has 0 aliphatic carbocycles. The minimum Gasteiger partial charge on any atom is -0.244 e. The number of hydrogen-bond acceptors (Lipinski definition) is 3. The first-order chi connectivity index (χ1) is 4.47. The summed E-state index contributed by atoms with van der Waals surface area (Å²) >= 11 is 0. The fraction of sp³-hybridized carbons (Fsp3) is 0. The van der Waals surface area contributed by atoms with Gasteiger partial charge in [-0.25, -0.2) is 10.3 Å². The molecule has 0 aromatic rings. The standard InChI is InChI=1S/C5H3N4/c1-4-2-8-9-5(4)7-3-6-1/h1-3H. The molecule has 2 heterocycles. The number of amidine groups is 1. The molecule has 1 radical (unpaired) electrons. The van der Waals surface area contributed by atoms with Crippen LogP contribution in [-0.2, 0) is 0 Å². The summed E-state index contributed by atoms with van der Waals surface area (Å²) in [4.78, 5) is 3.79. The molecule has 2 rings (SSSR count). The summed E-state index contributed by atoms with van der Waals surface area (Å²) < 4.78 is 0. The topological polar surface area (TPSA) is 51.2 Å². The van der Waals surface area contributed by atoms with Crippen molar-refractivity contribution in [3.63, 3.8) is 0 Å². The van der Waals surface area contributed by atoms with Crippen molar-refractivity contribution in [2.24, 2.45) is 15.2 Å². The number of aliphatic imine (C=N–C) groups is 1. The lowest BCUT2D eigenvalue weighted by Crippen LogP contribution is -2.17. The Morgan fingerprint density at radius 3 is 3.22 bits per heavy atom. The predicted octanol–water partition coefficient (Wildman–Crippen LogP) is -0.0855. The summed E-state index contributed by atoms with van der Waals surface area (Å²) in [5.74, 6) is 0.657. The van der Waals surface area contributed by atoms with E-state index in [-0.39, 0.29) is 0 Å². The van der Waals surface area contributed by atoms with Crippen molar-refractivity contribution < 1.29 is 0 Å². The van der Waals surface area contributed by atoms with Crippen LogP contribution in [0.25, 0.3) is 0 Å². The van der Waals surface area contributed by atoms with Crippen LogP contribution in [0.15, 0.2) is 27.0 Å². The van der Waals surface area contributed by atoms with Gasteiger partial charge in [-0.1, -0.05) is 0 Å². The number of hydrogen-bond donors (Lipinski definition) is 0. The molecule has 0 saturated heterocycles. The molecule has 4 heteroatoms. The van der Waals surface area contributed by atoms with Gasteiger partial charge in [0.05, 0.1) is 11.8 Å². The van der Waals surface area contributed by atoms with Crippen LogP contribution in [0.5, 0.6) is 0 Å². The molecule has 0 atom stereocenters. The molecule has 0 aromatic heterocycles. The zero-order valence-electron chi connectivity index (χ0n) is 4.52. The largest absolute Gasteiger partial charge is 0.244 e. The second kappa shape index (κ2) is 1.51. The Bertz CT molecular complexity index is 246. The number of fused-ring (bicyclic) bond motifs is 1. The van der Waals surface area contributed by atoms with E-state index >= 15 is 0 Å². The second-order valence-corrected chi connectivity index (χ2v) is 1.65. The minimum absolute atomic E-state index is 0.657. The molecule has 2 aliphatic heterocycles. The maximum atomic E-state index is 3.86. The number of rotatable bonds is 0. The normalized spacial score (nSPS) is 20.4. The third-order valence-electron chi connectivity index (χ3n) is 1.07. The van der Waals surface area contributed by atoms with Crippen LogP contribution in [0.3, 0.4) is 0 Å². The lowest BCUT2D eigenvalue weighted by molar-refractivity contribution is 1.22. The van der Waals surface area contributed by atoms with Crippen molar-refractivity contribution in [2.45, 2.75) is 0 Å². The van der Waals surface area contributed by atoms with Crippen LogP contribution in [0.4, 0.5) is 0 Å². The van der Waals surface area contributed by atoms with Gasteiger partial charge in [0, 0.05) is 6.20 Å². The maximum Gasteiger partial charge on any atom is 0.186 e. The Labute approximate surface area is 51.7 Å². The van der Waals surface area contributed by atoms with Crippen LogP contribution >= 0.6 is 0 Å². The third kappa shape index (κ3) is 0.561. The Morgan fingerprint density at radius 2 is 2.33 bits per heavy atom. The van der Waals surface area contributed by atoms with Gasteiger partial charge in [0.1, 0.15) is 6.34 Å². The average molecular weight is 119 g/mol. The minimum atomic E-state index is 0.657. The molecule has 0 aromatic carbocycles. The molecule has 0 fully saturated rings. The summed E-state index contributed by atoms with van der Waals surface area (Å²) in [6.45, 7) is 0. The molecule has 43 valence electrons. The van der Waals surface area contributed by atoms with Crippen molar-refractivity contribution in [3.8, 4) is 0 Å². The molecule has 0 amide bonds. The van der Waals surface area contributed by atoms with Gasteiger partial charge in [0.2, 0.25) is 0 Å². The highest BCUT2D eigenvalue weighted by Gasteiger charge is 2.11. The van der Waals surface area contributed by atoms with Gasteiger partial charge < -0.3 is 0 Å². The van der Waals surface area contributed by atoms with Gasteiger partial charge in [-0.15, -0.1) is 5.10 Å². The Morgan fingerprint density at radius 1 is 1.33 bits per heavy atom. The van der Waals surface area contributed by atoms with E-state index < -0.39 is 0 Å². The van der Waals surface area contributed by atoms with Crippen LogP contribution in [-0.4, -0.2) is 18.4 Å². The molecule has 4 nitrogen and oxygen atoms in total. The molecule has 0 spiro atoms. The van der Waals surface area contributed by atoms with Gasteiger partial charge in [0.15, 0.2) is 5.84 Å². The summed E-state index contributed by atoms with van der Waals surface area (Å²) in [6, 6.07) is 0. The van der Waals surface area contributed by atoms with Gasteiger partial charge in [-0.05, 0) is 0 Å². The average Bonchev–Trinajstić information content (AvgIpc) is 2.33. The predicted molar refractivity (Wildman–Crippen MR) is 34.6 cm³/mol. The zero-order chi connectivity index (χ0) is 6.10. The van der Waals surface area contributed by atoms with Gasteiger partial charge >= 0.3 is 0 Å². The van der Waals surface area contributed by atoms with Gasteiger partial charge in [-0.3, -0.25) is 0 Å². The van der Waals surface area contributed by atoms with E-state index in [0.717, 1.165) is 5.57 Å². The highest BCUT2D eigenvalue weighted by atomic mass is 15.3. The van der Waals surface area contributed by atoms with E-state index in [1.54, 1.807) is 12.4 Å². The zero-order valence-corrected chi connectivity index (χ0v) is 4.52. The van der Waals surface area contributed by atoms with Crippen LogP contribution in [0.1, 0.15) is 0 Å². The van der Waals surface area contributed by atoms with Gasteiger partial charge in [-0.2, -0.15) is 5.10 Å². The highest BCUT2D eigenvalue weighted by molar-refractivity contribution is 6.20. The Kier molecular flexibility index (Phi) is 0.745. The highest BCUT2D eigenvalue weighted by Crippen LogP contribution is 2.04. The van der Waals surface area contributed by atoms with E-state index in [1.165, 1.54) is 6.34 Å². The lowest BCUT2D eigenvalue weighted by atomic mass is 10.3. The van der Waals surface area contributed by atoms with Gasteiger partial charge in [0.25, 0.3) is 0 Å². The van der Waals surface area contributed by atoms with Crippen molar-refractivity contribution in [1.82, 2.24) is 5.32 Å². The monoisotopic (exact) mass is 119 g/mol. The van der Waals surface area contributed by atoms with Crippen molar-refractivity contribution in [2.75, 3.05) is 0 Å². The van der Waals surface area contributed by atoms with Crippen molar-refractivity contribution >= 4 is 18.4 Å². The summed E-state index contributed by atoms with van der Waals surface area (Å²) in [5, 5.41) is 11.2. The maximum absolute atomic E-state index is 3.86. The molecule has 0 saturated carbocycles. The van der Waals surface area contributed by atoms with E-state index in [0.29, 0.717) is 5.84 Å². The molecule has 0 N–H and O–H groups in total. The first-order valence-electron chi connectivity index (χ1n) is 2.51. The fourth-order valence-corrected chi connectivity index (χ4v) is 0.654. The third-order valence-corrected chi connectivity index (χ3v) is 1.07. The molecule has 0 bridgehead atoms. The summed E-state index contributed by atoms with van der Waals surface area (Å²) in [6.07, 6.45) is 4.77. The molecule has 2 aliphatic rings. The Hall–Kier alpha value is -1.45. The van der Waals surface area contributed by atoms with Crippen molar-refractivity contribution in [1.29, 1.82) is 0 Å². The molecular formula is C5H3N4. The van der Waals surface area contributed by atoms with Crippen LogP contribution in [0, 0.1) is 0 Å². The smallest absolute Gasteiger partial charge is 0.186 e. The van der Waals surface area contributed by atoms with E-state index in [4.69, 9.17) is 0 Å². The van der Waals surface area contributed by atoms with E-state index in [2.05, 4.69) is 20.5 Å². The quantitative estimate of drug-likeness (QED) is 0.428. The Balaban J connectivity index is 2.46. The molecular weight excluding hydrogens is 116 g/mol. The van der Waals surface area contributed by atoms with Crippen LogP contribution in [0.2, 0.25) is 0 Å². The summed E-state index contributed by atoms with van der Waals surface area (Å²) in [7, 11) is 0. The fourth-order valence-electron chi connectivity index (χ4n) is 0.654. The summed E-state index contributed by atoms with van der Waals surface area (Å²) in [5.41, 5.74) is 0.887. The molecule has 0 unspecified atom stereocenters. The SMILES string of the molecule is C1=NC=C2C=NN=C2[N]1. The molecule has 9 heavy (non-hydrogen) atoms. The second-order valence-electron chi connectivity index (χ2n) is 1.65. The lowest BCUT2D eigenvalue weighted by Gasteiger charge is -1.98. The number of nitrogens with zero attached hydrogens (tertiary/aromatic N) is 4. The van der Waals surface area contributed by atoms with Crippen molar-refractivity contribution in [3.05, 3.63) is 11.8 Å². The first-order valence-corrected chi connectivity index (χ1v) is 2.51. The van der Waals surface area contributed by atoms with E-state index in [1.807, 2.05) is 0 Å². The van der Waals surface area contributed by atoms with Crippen LogP contribution < -0.4 is 5.32 Å². The van der Waals surface area contributed by atoms with E-state index in [9.17, 15) is 0 Å².